The van der Waals surface area contributed by atoms with Gasteiger partial charge in [-0.2, -0.15) is 0 Å². The predicted molar refractivity (Wildman–Crippen MR) is 61.6 cm³/mol. The van der Waals surface area contributed by atoms with Crippen molar-refractivity contribution in [2.75, 3.05) is 0 Å². The second kappa shape index (κ2) is 3.93. The van der Waals surface area contributed by atoms with Crippen molar-refractivity contribution in [2.24, 2.45) is 0 Å². The lowest BCUT2D eigenvalue weighted by molar-refractivity contribution is 0.834. The highest BCUT2D eigenvalue weighted by Crippen LogP contribution is 2.26. The van der Waals surface area contributed by atoms with Crippen LogP contribution in [0.3, 0.4) is 0 Å². The van der Waals surface area contributed by atoms with Crippen LogP contribution >= 0.6 is 11.3 Å². The molecule has 72 valence electrons. The van der Waals surface area contributed by atoms with Crippen LogP contribution in [0.4, 0.5) is 0 Å². The summed E-state index contributed by atoms with van der Waals surface area (Å²) in [4.78, 5) is 4.60. The van der Waals surface area contributed by atoms with Crippen LogP contribution in [0.5, 0.6) is 0 Å². The number of thiazole rings is 1. The van der Waals surface area contributed by atoms with E-state index < -0.39 is 0 Å². The lowest BCUT2D eigenvalue weighted by Crippen LogP contribution is -1.86. The quantitative estimate of drug-likeness (QED) is 0.720. The molecule has 0 bridgehead atoms. The third kappa shape index (κ3) is 1.85. The Labute approximate surface area is 88.4 Å². The van der Waals surface area contributed by atoms with E-state index in [4.69, 9.17) is 0 Å². The van der Waals surface area contributed by atoms with Crippen molar-refractivity contribution >= 4 is 11.3 Å². The zero-order chi connectivity index (χ0) is 9.97. The molecule has 1 aromatic heterocycles. The van der Waals surface area contributed by atoms with Crippen molar-refractivity contribution in [3.8, 4) is 10.6 Å². The van der Waals surface area contributed by atoms with Gasteiger partial charge in [-0.25, -0.2) is 4.98 Å². The Morgan fingerprint density at radius 3 is 2.43 bits per heavy atom. The molecule has 0 saturated heterocycles. The molecule has 0 aliphatic rings. The van der Waals surface area contributed by atoms with Gasteiger partial charge in [-0.05, 0) is 5.92 Å². The number of benzene rings is 1. The highest BCUT2D eigenvalue weighted by molar-refractivity contribution is 7.13. The van der Waals surface area contributed by atoms with E-state index in [1.165, 1.54) is 11.3 Å². The number of aromatic nitrogens is 1. The average Bonchev–Trinajstić information content (AvgIpc) is 2.68. The molecule has 0 aliphatic heterocycles. The third-order valence-electron chi connectivity index (χ3n) is 2.13. The zero-order valence-electron chi connectivity index (χ0n) is 8.40. The Hall–Kier alpha value is -1.15. The average molecular weight is 203 g/mol. The summed E-state index contributed by atoms with van der Waals surface area (Å²) in [6.45, 7) is 4.34. The Morgan fingerprint density at radius 1 is 1.14 bits per heavy atom. The van der Waals surface area contributed by atoms with Gasteiger partial charge in [-0.15, -0.1) is 11.3 Å². The van der Waals surface area contributed by atoms with Crippen LogP contribution in [-0.2, 0) is 0 Å². The summed E-state index contributed by atoms with van der Waals surface area (Å²) in [5.74, 6) is 0.517. The maximum atomic E-state index is 4.60. The lowest BCUT2D eigenvalue weighted by atomic mass is 10.1. The minimum absolute atomic E-state index is 0.517. The molecule has 14 heavy (non-hydrogen) atoms. The molecule has 0 spiro atoms. The molecule has 0 saturated carbocycles. The predicted octanol–water partition coefficient (Wildman–Crippen LogP) is 3.93. The first kappa shape index (κ1) is 9.41. The molecule has 0 radical (unpaired) electrons. The molecule has 0 N–H and O–H groups in total. The summed E-state index contributed by atoms with van der Waals surface area (Å²) in [7, 11) is 0. The maximum absolute atomic E-state index is 4.60. The molecule has 1 nitrogen and oxygen atoms in total. The van der Waals surface area contributed by atoms with E-state index >= 15 is 0 Å². The van der Waals surface area contributed by atoms with Crippen LogP contribution in [-0.4, -0.2) is 4.98 Å². The maximum Gasteiger partial charge on any atom is 0.123 e. The van der Waals surface area contributed by atoms with E-state index in [0.717, 1.165) is 5.01 Å². The van der Waals surface area contributed by atoms with Crippen LogP contribution in [0.1, 0.15) is 25.5 Å². The van der Waals surface area contributed by atoms with Crippen LogP contribution < -0.4 is 0 Å². The first-order chi connectivity index (χ1) is 6.77. The Kier molecular flexibility index (Phi) is 2.64. The largest absolute Gasteiger partial charge is 0.241 e. The van der Waals surface area contributed by atoms with Gasteiger partial charge >= 0.3 is 0 Å². The van der Waals surface area contributed by atoms with Gasteiger partial charge in [0.25, 0.3) is 0 Å². The summed E-state index contributed by atoms with van der Waals surface area (Å²) in [5.41, 5.74) is 2.40. The molecular formula is C12H13NS. The molecule has 2 heteroatoms. The van der Waals surface area contributed by atoms with Crippen LogP contribution in [0, 0.1) is 0 Å². The standard InChI is InChI=1S/C12H13NS/c1-9(2)11-8-14-12(13-11)10-6-4-3-5-7-10/h3-9H,1-2H3. The van der Waals surface area contributed by atoms with E-state index in [0.29, 0.717) is 5.92 Å². The Balaban J connectivity index is 2.34. The van der Waals surface area contributed by atoms with Gasteiger partial charge in [-0.1, -0.05) is 44.2 Å². The van der Waals surface area contributed by atoms with Gasteiger partial charge in [0.2, 0.25) is 0 Å². The zero-order valence-corrected chi connectivity index (χ0v) is 9.21. The van der Waals surface area contributed by atoms with E-state index in [9.17, 15) is 0 Å². The summed E-state index contributed by atoms with van der Waals surface area (Å²) >= 11 is 1.72. The van der Waals surface area contributed by atoms with Gasteiger partial charge in [0, 0.05) is 10.9 Å². The monoisotopic (exact) mass is 203 g/mol. The van der Waals surface area contributed by atoms with Crippen LogP contribution in [0.25, 0.3) is 10.6 Å². The fourth-order valence-corrected chi connectivity index (χ4v) is 2.25. The Morgan fingerprint density at radius 2 is 1.86 bits per heavy atom. The van der Waals surface area contributed by atoms with Crippen molar-refractivity contribution in [1.82, 2.24) is 4.98 Å². The number of hydrogen-bond donors (Lipinski definition) is 0. The topological polar surface area (TPSA) is 12.9 Å². The summed E-state index contributed by atoms with van der Waals surface area (Å²) in [6, 6.07) is 10.3. The fraction of sp³-hybridized carbons (Fsp3) is 0.250. The second-order valence-corrected chi connectivity index (χ2v) is 4.46. The summed E-state index contributed by atoms with van der Waals surface area (Å²) in [5, 5.41) is 3.27. The van der Waals surface area contributed by atoms with E-state index in [1.54, 1.807) is 11.3 Å². The molecule has 0 amide bonds. The molecule has 1 heterocycles. The molecule has 0 fully saturated rings. The number of hydrogen-bond acceptors (Lipinski definition) is 2. The van der Waals surface area contributed by atoms with Crippen molar-refractivity contribution in [3.63, 3.8) is 0 Å². The van der Waals surface area contributed by atoms with Gasteiger partial charge in [0.1, 0.15) is 5.01 Å². The molecule has 2 aromatic rings. The van der Waals surface area contributed by atoms with Crippen molar-refractivity contribution in [2.45, 2.75) is 19.8 Å². The minimum Gasteiger partial charge on any atom is -0.241 e. The second-order valence-electron chi connectivity index (χ2n) is 3.60. The minimum atomic E-state index is 0.517. The molecular weight excluding hydrogens is 190 g/mol. The molecule has 0 atom stereocenters. The highest BCUT2D eigenvalue weighted by Gasteiger charge is 2.06. The first-order valence-electron chi connectivity index (χ1n) is 4.78. The molecule has 0 aliphatic carbocycles. The molecule has 1 aromatic carbocycles. The van der Waals surface area contributed by atoms with E-state index in [-0.39, 0.29) is 0 Å². The lowest BCUT2D eigenvalue weighted by Gasteiger charge is -1.97. The van der Waals surface area contributed by atoms with Crippen molar-refractivity contribution in [3.05, 3.63) is 41.4 Å². The summed E-state index contributed by atoms with van der Waals surface area (Å²) in [6.07, 6.45) is 0. The number of nitrogens with zero attached hydrogens (tertiary/aromatic N) is 1. The van der Waals surface area contributed by atoms with Crippen molar-refractivity contribution in [1.29, 1.82) is 0 Å². The van der Waals surface area contributed by atoms with Gasteiger partial charge in [0.05, 0.1) is 5.69 Å². The smallest absolute Gasteiger partial charge is 0.123 e. The SMILES string of the molecule is CC(C)c1csc(-c2ccccc2)n1. The third-order valence-corrected chi connectivity index (χ3v) is 3.04. The van der Waals surface area contributed by atoms with E-state index in [2.05, 4.69) is 36.3 Å². The molecule has 0 unspecified atom stereocenters. The van der Waals surface area contributed by atoms with Gasteiger partial charge < -0.3 is 0 Å². The van der Waals surface area contributed by atoms with E-state index in [1.807, 2.05) is 18.2 Å². The van der Waals surface area contributed by atoms with Crippen LogP contribution in [0.2, 0.25) is 0 Å². The van der Waals surface area contributed by atoms with Gasteiger partial charge in [-0.3, -0.25) is 0 Å². The van der Waals surface area contributed by atoms with Crippen LogP contribution in [0.15, 0.2) is 35.7 Å². The first-order valence-corrected chi connectivity index (χ1v) is 5.66. The highest BCUT2D eigenvalue weighted by atomic mass is 32.1. The summed E-state index contributed by atoms with van der Waals surface area (Å²) < 4.78 is 0. The van der Waals surface area contributed by atoms with Gasteiger partial charge in [0.15, 0.2) is 0 Å². The molecule has 2 rings (SSSR count). The number of rotatable bonds is 2. The normalized spacial score (nSPS) is 10.8. The van der Waals surface area contributed by atoms with Crippen molar-refractivity contribution < 1.29 is 0 Å². The fourth-order valence-electron chi connectivity index (χ4n) is 1.26. The Bertz CT molecular complexity index is 403.